The van der Waals surface area contributed by atoms with Crippen LogP contribution in [0.4, 0.5) is 10.8 Å². The van der Waals surface area contributed by atoms with E-state index in [0.29, 0.717) is 36.0 Å². The summed E-state index contributed by atoms with van der Waals surface area (Å²) in [5, 5.41) is 0.640. The average molecular weight is 619 g/mol. The third-order valence-corrected chi connectivity index (χ3v) is 10.4. The highest BCUT2D eigenvalue weighted by atomic mass is 35.5. The predicted molar refractivity (Wildman–Crippen MR) is 171 cm³/mol. The number of para-hydroxylation sites is 2. The first-order chi connectivity index (χ1) is 18.8. The average Bonchev–Trinajstić information content (AvgIpc) is 3.40. The number of hydrogen-bond acceptors (Lipinski definition) is 7. The number of anilines is 2. The van der Waals surface area contributed by atoms with Crippen LogP contribution in [0, 0.1) is 0 Å². The maximum Gasteiger partial charge on any atom is 0.264 e. The number of halogens is 1. The van der Waals surface area contributed by atoms with Crippen molar-refractivity contribution in [3.05, 3.63) is 78.4 Å². The second kappa shape index (κ2) is 14.3. The molecular formula is C29H35ClN4O3S3. The Morgan fingerprint density at radius 3 is 2.15 bits per heavy atom. The molecule has 3 aromatic carbocycles. The van der Waals surface area contributed by atoms with Gasteiger partial charge in [0.15, 0.2) is 5.13 Å². The smallest absolute Gasteiger partial charge is 0.264 e. The van der Waals surface area contributed by atoms with E-state index in [0.717, 1.165) is 28.2 Å². The molecule has 4 rings (SSSR count). The summed E-state index contributed by atoms with van der Waals surface area (Å²) in [6, 6.07) is 21.3. The third-order valence-electron chi connectivity index (χ3n) is 6.62. The summed E-state index contributed by atoms with van der Waals surface area (Å²) < 4.78 is 29.2. The molecule has 0 fully saturated rings. The van der Waals surface area contributed by atoms with Crippen LogP contribution in [0.2, 0.25) is 0 Å². The summed E-state index contributed by atoms with van der Waals surface area (Å²) in [6.07, 6.45) is 2.02. The van der Waals surface area contributed by atoms with Gasteiger partial charge >= 0.3 is 0 Å². The molecule has 214 valence electrons. The maximum absolute atomic E-state index is 13.8. The minimum absolute atomic E-state index is 0. The number of likely N-dealkylation sites (N-methyl/N-ethyl adjacent to an activating group) is 1. The van der Waals surface area contributed by atoms with E-state index >= 15 is 0 Å². The van der Waals surface area contributed by atoms with Gasteiger partial charge in [-0.3, -0.25) is 14.0 Å². The van der Waals surface area contributed by atoms with Crippen LogP contribution in [0.25, 0.3) is 10.2 Å². The van der Waals surface area contributed by atoms with Crippen LogP contribution in [-0.4, -0.2) is 63.2 Å². The van der Waals surface area contributed by atoms with E-state index < -0.39 is 10.0 Å². The fourth-order valence-electron chi connectivity index (χ4n) is 4.40. The number of thioether (sulfide) groups is 1. The van der Waals surface area contributed by atoms with Gasteiger partial charge in [0.1, 0.15) is 0 Å². The van der Waals surface area contributed by atoms with E-state index in [1.807, 2.05) is 42.7 Å². The number of nitrogens with zero attached hydrogens (tertiary/aromatic N) is 4. The number of rotatable bonds is 12. The van der Waals surface area contributed by atoms with Gasteiger partial charge in [0.25, 0.3) is 15.9 Å². The van der Waals surface area contributed by atoms with Crippen molar-refractivity contribution in [2.24, 2.45) is 0 Å². The van der Waals surface area contributed by atoms with E-state index in [4.69, 9.17) is 4.98 Å². The summed E-state index contributed by atoms with van der Waals surface area (Å²) in [4.78, 5) is 23.9. The lowest BCUT2D eigenvalue weighted by Crippen LogP contribution is -2.39. The molecule has 7 nitrogen and oxygen atoms in total. The first kappa shape index (κ1) is 31.9. The minimum Gasteiger partial charge on any atom is -0.302 e. The number of amides is 1. The number of sulfonamides is 1. The summed E-state index contributed by atoms with van der Waals surface area (Å²) in [7, 11) is -3.78. The Balaban J connectivity index is 0.00000441. The Labute approximate surface area is 251 Å². The lowest BCUT2D eigenvalue weighted by molar-refractivity contribution is 0.0983. The quantitative estimate of drug-likeness (QED) is 0.166. The molecule has 0 aliphatic heterocycles. The van der Waals surface area contributed by atoms with Gasteiger partial charge in [-0.25, -0.2) is 13.4 Å². The van der Waals surface area contributed by atoms with Crippen LogP contribution in [0.15, 0.2) is 82.6 Å². The summed E-state index contributed by atoms with van der Waals surface area (Å²) in [6.45, 7) is 9.26. The Kier molecular flexibility index (Phi) is 11.4. The lowest BCUT2D eigenvalue weighted by Gasteiger charge is -2.25. The molecule has 0 saturated heterocycles. The number of aromatic nitrogens is 1. The van der Waals surface area contributed by atoms with Crippen molar-refractivity contribution in [3.8, 4) is 0 Å². The zero-order valence-electron chi connectivity index (χ0n) is 23.1. The molecule has 0 radical (unpaired) electrons. The minimum atomic E-state index is -3.78. The Morgan fingerprint density at radius 1 is 0.875 bits per heavy atom. The van der Waals surface area contributed by atoms with Gasteiger partial charge in [0.05, 0.1) is 20.8 Å². The van der Waals surface area contributed by atoms with E-state index in [2.05, 4.69) is 18.7 Å². The van der Waals surface area contributed by atoms with Crippen molar-refractivity contribution in [2.45, 2.75) is 30.6 Å². The molecule has 4 aromatic rings. The molecular weight excluding hydrogens is 584 g/mol. The predicted octanol–water partition coefficient (Wildman–Crippen LogP) is 6.64. The largest absolute Gasteiger partial charge is 0.302 e. The fourth-order valence-corrected chi connectivity index (χ4v) is 7.51. The second-order valence-corrected chi connectivity index (χ2v) is 12.5. The molecule has 1 amide bonds. The van der Waals surface area contributed by atoms with Crippen LogP contribution >= 0.6 is 35.5 Å². The van der Waals surface area contributed by atoms with Crippen LogP contribution in [0.5, 0.6) is 0 Å². The van der Waals surface area contributed by atoms with Crippen molar-refractivity contribution in [1.29, 1.82) is 0 Å². The van der Waals surface area contributed by atoms with E-state index in [-0.39, 0.29) is 23.2 Å². The number of carbonyl (C=O) groups is 1. The van der Waals surface area contributed by atoms with E-state index in [1.165, 1.54) is 27.8 Å². The maximum atomic E-state index is 13.8. The van der Waals surface area contributed by atoms with E-state index in [9.17, 15) is 13.2 Å². The molecule has 0 atom stereocenters. The monoisotopic (exact) mass is 618 g/mol. The van der Waals surface area contributed by atoms with Gasteiger partial charge in [0, 0.05) is 30.1 Å². The van der Waals surface area contributed by atoms with Crippen LogP contribution in [0.3, 0.4) is 0 Å². The second-order valence-electron chi connectivity index (χ2n) is 8.82. The Morgan fingerprint density at radius 2 is 1.55 bits per heavy atom. The summed E-state index contributed by atoms with van der Waals surface area (Å²) >= 11 is 3.13. The van der Waals surface area contributed by atoms with Crippen molar-refractivity contribution in [2.75, 3.05) is 48.2 Å². The van der Waals surface area contributed by atoms with Crippen LogP contribution < -0.4 is 9.21 Å². The fraction of sp³-hybridized carbons (Fsp3) is 0.310. The molecule has 0 aliphatic carbocycles. The number of carbonyl (C=O) groups excluding carboxylic acids is 1. The van der Waals surface area contributed by atoms with Crippen molar-refractivity contribution >= 4 is 72.5 Å². The molecule has 0 spiro atoms. The molecule has 0 saturated carbocycles. The van der Waals surface area contributed by atoms with Crippen molar-refractivity contribution < 1.29 is 13.2 Å². The summed E-state index contributed by atoms with van der Waals surface area (Å²) in [5.74, 6) is -0.203. The normalized spacial score (nSPS) is 11.4. The highest BCUT2D eigenvalue weighted by molar-refractivity contribution is 7.98. The number of thiazole rings is 1. The molecule has 11 heteroatoms. The van der Waals surface area contributed by atoms with Crippen LogP contribution in [0.1, 0.15) is 31.1 Å². The molecule has 0 aliphatic rings. The highest BCUT2D eigenvalue weighted by Gasteiger charge is 2.26. The zero-order valence-corrected chi connectivity index (χ0v) is 26.4. The van der Waals surface area contributed by atoms with Gasteiger partial charge in [-0.2, -0.15) is 0 Å². The molecule has 1 aromatic heterocycles. The van der Waals surface area contributed by atoms with Crippen LogP contribution in [-0.2, 0) is 10.0 Å². The lowest BCUT2D eigenvalue weighted by atomic mass is 10.2. The van der Waals surface area contributed by atoms with Gasteiger partial charge in [-0.05, 0) is 74.8 Å². The topological polar surface area (TPSA) is 73.8 Å². The molecule has 40 heavy (non-hydrogen) atoms. The highest BCUT2D eigenvalue weighted by Crippen LogP contribution is 2.35. The van der Waals surface area contributed by atoms with Gasteiger partial charge in [-0.1, -0.05) is 49.4 Å². The first-order valence-electron chi connectivity index (χ1n) is 13.0. The SMILES string of the molecule is CCN(CC)CCN(C(=O)c1ccc(S(=O)(=O)N(CC)c2ccccc2)cc1)c1nc2c(SC)cccc2s1.Cl. The Bertz CT molecular complexity index is 1510. The molecule has 0 N–H and O–H groups in total. The van der Waals surface area contributed by atoms with Crippen molar-refractivity contribution in [1.82, 2.24) is 9.88 Å². The molecule has 1 heterocycles. The molecule has 0 bridgehead atoms. The Hall–Kier alpha value is -2.63. The zero-order chi connectivity index (χ0) is 28.0. The first-order valence-corrected chi connectivity index (χ1v) is 16.5. The number of hydrogen-bond donors (Lipinski definition) is 0. The van der Waals surface area contributed by atoms with Crippen molar-refractivity contribution in [3.63, 3.8) is 0 Å². The molecule has 0 unspecified atom stereocenters. The standard InChI is InChI=1S/C29H34N4O3S3.ClH/c1-5-31(6-2)20-21-32(29-30-27-25(37-4)14-11-15-26(27)38-29)28(34)22-16-18-24(19-17-22)39(35,36)33(7-3)23-12-9-8-10-13-23;/h8-19H,5-7,20-21H2,1-4H3;1H. The summed E-state index contributed by atoms with van der Waals surface area (Å²) in [5.41, 5.74) is 1.91. The van der Waals surface area contributed by atoms with Gasteiger partial charge in [0.2, 0.25) is 0 Å². The number of fused-ring (bicyclic) bond motifs is 1. The number of benzene rings is 3. The van der Waals surface area contributed by atoms with E-state index in [1.54, 1.807) is 47.9 Å². The third kappa shape index (κ3) is 6.80. The van der Waals surface area contributed by atoms with Gasteiger partial charge in [-0.15, -0.1) is 24.2 Å². The van der Waals surface area contributed by atoms with Gasteiger partial charge < -0.3 is 4.90 Å².